The Bertz CT molecular complexity index is 712. The highest BCUT2D eigenvalue weighted by Crippen LogP contribution is 2.39. The Morgan fingerprint density at radius 2 is 1.74 bits per heavy atom. The predicted molar refractivity (Wildman–Crippen MR) is 89.3 cm³/mol. The van der Waals surface area contributed by atoms with Crippen LogP contribution in [0.15, 0.2) is 36.4 Å². The summed E-state index contributed by atoms with van der Waals surface area (Å²) in [6, 6.07) is 12.6. The summed E-state index contributed by atoms with van der Waals surface area (Å²) in [6.07, 6.45) is 2.69. The molecular weight excluding hydrogens is 290 g/mol. The molecule has 0 heterocycles. The largest absolute Gasteiger partial charge is 0.493 e. The smallest absolute Gasteiger partial charge is 0.207 e. The molecule has 3 rings (SSSR count). The Hall–Kier alpha value is -2.49. The number of hydrogen-bond acceptors (Lipinski definition) is 3. The van der Waals surface area contributed by atoms with Crippen LogP contribution in [0.25, 0.3) is 0 Å². The number of fused-ring (bicyclic) bond motifs is 2. The van der Waals surface area contributed by atoms with E-state index in [9.17, 15) is 4.79 Å². The Balaban J connectivity index is 2.15. The third kappa shape index (κ3) is 2.89. The van der Waals surface area contributed by atoms with Crippen LogP contribution in [-0.2, 0) is 17.6 Å². The van der Waals surface area contributed by atoms with Crippen LogP contribution in [0.3, 0.4) is 0 Å². The second kappa shape index (κ2) is 6.73. The van der Waals surface area contributed by atoms with E-state index < -0.39 is 0 Å². The Labute approximate surface area is 136 Å². The number of benzene rings is 2. The first kappa shape index (κ1) is 15.4. The van der Waals surface area contributed by atoms with Crippen molar-refractivity contribution in [2.45, 2.75) is 18.8 Å². The molecule has 0 saturated carbocycles. The fourth-order valence-corrected chi connectivity index (χ4v) is 3.40. The SMILES string of the molecule is COc1cc2c(cc1OC)C(CNC=O)c1ccccc1CC2. The van der Waals surface area contributed by atoms with Gasteiger partial charge in [-0.3, -0.25) is 4.79 Å². The molecule has 0 saturated heterocycles. The van der Waals surface area contributed by atoms with E-state index in [1.165, 1.54) is 22.3 Å². The van der Waals surface area contributed by atoms with Crippen LogP contribution >= 0.6 is 0 Å². The van der Waals surface area contributed by atoms with Crippen LogP contribution in [0.1, 0.15) is 28.2 Å². The highest BCUT2D eigenvalue weighted by molar-refractivity contribution is 5.54. The Morgan fingerprint density at radius 3 is 2.48 bits per heavy atom. The molecule has 23 heavy (non-hydrogen) atoms. The number of methoxy groups -OCH3 is 2. The average Bonchev–Trinajstić information content (AvgIpc) is 2.75. The molecule has 0 aliphatic heterocycles. The van der Waals surface area contributed by atoms with Crippen molar-refractivity contribution in [3.8, 4) is 11.5 Å². The molecule has 0 fully saturated rings. The van der Waals surface area contributed by atoms with E-state index in [1.54, 1.807) is 14.2 Å². The predicted octanol–water partition coefficient (Wildman–Crippen LogP) is 2.68. The maximum Gasteiger partial charge on any atom is 0.207 e. The fraction of sp³-hybridized carbons (Fsp3) is 0.316. The van der Waals surface area contributed by atoms with Crippen molar-refractivity contribution in [1.29, 1.82) is 0 Å². The van der Waals surface area contributed by atoms with E-state index in [0.717, 1.165) is 30.8 Å². The molecule has 1 atom stereocenters. The normalized spacial score (nSPS) is 15.8. The third-order valence-corrected chi connectivity index (χ3v) is 4.52. The van der Waals surface area contributed by atoms with Crippen LogP contribution in [0.5, 0.6) is 11.5 Å². The number of amides is 1. The van der Waals surface area contributed by atoms with Crippen molar-refractivity contribution in [3.63, 3.8) is 0 Å². The van der Waals surface area contributed by atoms with Gasteiger partial charge in [0.2, 0.25) is 6.41 Å². The zero-order valence-corrected chi connectivity index (χ0v) is 13.5. The first-order valence-corrected chi connectivity index (χ1v) is 7.78. The van der Waals surface area contributed by atoms with Crippen LogP contribution < -0.4 is 14.8 Å². The molecule has 1 N–H and O–H groups in total. The number of carbonyl (C=O) groups is 1. The number of carbonyl (C=O) groups excluding carboxylic acids is 1. The van der Waals surface area contributed by atoms with Crippen LogP contribution in [-0.4, -0.2) is 27.2 Å². The lowest BCUT2D eigenvalue weighted by Crippen LogP contribution is -2.21. The summed E-state index contributed by atoms with van der Waals surface area (Å²) in [7, 11) is 3.30. The number of nitrogens with one attached hydrogen (secondary N) is 1. The maximum absolute atomic E-state index is 10.8. The molecule has 4 heteroatoms. The van der Waals surface area contributed by atoms with E-state index in [-0.39, 0.29) is 5.92 Å². The topological polar surface area (TPSA) is 47.6 Å². The number of hydrogen-bond donors (Lipinski definition) is 1. The minimum atomic E-state index is 0.119. The molecule has 4 nitrogen and oxygen atoms in total. The molecule has 0 aromatic heterocycles. The average molecular weight is 311 g/mol. The quantitative estimate of drug-likeness (QED) is 0.864. The van der Waals surface area contributed by atoms with Crippen molar-refractivity contribution in [2.75, 3.05) is 20.8 Å². The number of ether oxygens (including phenoxy) is 2. The fourth-order valence-electron chi connectivity index (χ4n) is 3.40. The van der Waals surface area contributed by atoms with Crippen molar-refractivity contribution < 1.29 is 14.3 Å². The van der Waals surface area contributed by atoms with Crippen LogP contribution in [0, 0.1) is 0 Å². The third-order valence-electron chi connectivity index (χ3n) is 4.52. The minimum absolute atomic E-state index is 0.119. The number of aryl methyl sites for hydroxylation is 2. The van der Waals surface area contributed by atoms with Gasteiger partial charge < -0.3 is 14.8 Å². The zero-order valence-electron chi connectivity index (χ0n) is 13.5. The van der Waals surface area contributed by atoms with Gasteiger partial charge in [0, 0.05) is 12.5 Å². The van der Waals surface area contributed by atoms with Gasteiger partial charge in [0.05, 0.1) is 14.2 Å². The number of rotatable bonds is 5. The lowest BCUT2D eigenvalue weighted by molar-refractivity contribution is -0.109. The molecule has 0 spiro atoms. The van der Waals surface area contributed by atoms with Gasteiger partial charge in [-0.05, 0) is 47.2 Å². The second-order valence-electron chi connectivity index (χ2n) is 5.68. The molecule has 1 aliphatic rings. The molecule has 120 valence electrons. The van der Waals surface area contributed by atoms with E-state index in [1.807, 2.05) is 6.07 Å². The van der Waals surface area contributed by atoms with Gasteiger partial charge in [0.25, 0.3) is 0 Å². The molecule has 2 aromatic rings. The highest BCUT2D eigenvalue weighted by atomic mass is 16.5. The van der Waals surface area contributed by atoms with Crippen LogP contribution in [0.4, 0.5) is 0 Å². The minimum Gasteiger partial charge on any atom is -0.493 e. The van der Waals surface area contributed by atoms with Gasteiger partial charge >= 0.3 is 0 Å². The molecule has 1 amide bonds. The van der Waals surface area contributed by atoms with Gasteiger partial charge in [-0.25, -0.2) is 0 Å². The van der Waals surface area contributed by atoms with Gasteiger partial charge in [0.15, 0.2) is 11.5 Å². The first-order valence-electron chi connectivity index (χ1n) is 7.78. The summed E-state index contributed by atoms with van der Waals surface area (Å²) >= 11 is 0. The molecule has 0 bridgehead atoms. The van der Waals surface area contributed by atoms with Crippen molar-refractivity contribution in [2.24, 2.45) is 0 Å². The molecule has 2 aromatic carbocycles. The summed E-state index contributed by atoms with van der Waals surface area (Å²) in [5, 5.41) is 2.84. The summed E-state index contributed by atoms with van der Waals surface area (Å²) < 4.78 is 10.9. The van der Waals surface area contributed by atoms with Crippen LogP contribution in [0.2, 0.25) is 0 Å². The van der Waals surface area contributed by atoms with Crippen molar-refractivity contribution >= 4 is 6.41 Å². The second-order valence-corrected chi connectivity index (χ2v) is 5.68. The summed E-state index contributed by atoms with van der Waals surface area (Å²) in [5.41, 5.74) is 5.05. The first-order chi connectivity index (χ1) is 11.3. The van der Waals surface area contributed by atoms with E-state index in [4.69, 9.17) is 9.47 Å². The molecule has 1 unspecified atom stereocenters. The van der Waals surface area contributed by atoms with Gasteiger partial charge in [-0.15, -0.1) is 0 Å². The Kier molecular flexibility index (Phi) is 4.51. The highest BCUT2D eigenvalue weighted by Gasteiger charge is 2.25. The standard InChI is InChI=1S/C19H21NO3/c1-22-18-9-14-8-7-13-5-3-4-6-15(13)17(11-20-12-21)16(14)10-19(18)23-2/h3-6,9-10,12,17H,7-8,11H2,1-2H3,(H,20,21). The molecular formula is C19H21NO3. The van der Waals surface area contributed by atoms with Gasteiger partial charge in [-0.1, -0.05) is 24.3 Å². The lowest BCUT2D eigenvalue weighted by Gasteiger charge is -2.21. The molecule has 1 aliphatic carbocycles. The zero-order chi connectivity index (χ0) is 16.2. The Morgan fingerprint density at radius 1 is 1.04 bits per heavy atom. The maximum atomic E-state index is 10.8. The van der Waals surface area contributed by atoms with E-state index in [2.05, 4.69) is 35.6 Å². The van der Waals surface area contributed by atoms with E-state index in [0.29, 0.717) is 6.54 Å². The van der Waals surface area contributed by atoms with Crippen molar-refractivity contribution in [1.82, 2.24) is 5.32 Å². The summed E-state index contributed by atoms with van der Waals surface area (Å²) in [6.45, 7) is 0.572. The van der Waals surface area contributed by atoms with Gasteiger partial charge in [0.1, 0.15) is 0 Å². The molecule has 0 radical (unpaired) electrons. The summed E-state index contributed by atoms with van der Waals surface area (Å²) in [5.74, 6) is 1.59. The lowest BCUT2D eigenvalue weighted by atomic mass is 9.87. The van der Waals surface area contributed by atoms with Crippen molar-refractivity contribution in [3.05, 3.63) is 58.7 Å². The monoisotopic (exact) mass is 311 g/mol. The van der Waals surface area contributed by atoms with E-state index >= 15 is 0 Å². The van der Waals surface area contributed by atoms with Gasteiger partial charge in [-0.2, -0.15) is 0 Å². The summed E-state index contributed by atoms with van der Waals surface area (Å²) in [4.78, 5) is 10.8.